The summed E-state index contributed by atoms with van der Waals surface area (Å²) >= 11 is -2.50. The Balaban J connectivity index is 0.000000496. The molecular formula is C19H27F2OTi-. The van der Waals surface area contributed by atoms with Crippen LogP contribution < -0.4 is 0 Å². The fourth-order valence-corrected chi connectivity index (χ4v) is 2.07. The molecule has 4 heteroatoms. The summed E-state index contributed by atoms with van der Waals surface area (Å²) in [7, 11) is 0. The molecule has 0 amide bonds. The Morgan fingerprint density at radius 2 is 1.17 bits per heavy atom. The van der Waals surface area contributed by atoms with E-state index in [1.54, 1.807) is 0 Å². The van der Waals surface area contributed by atoms with Gasteiger partial charge in [-0.2, -0.15) is 18.2 Å². The van der Waals surface area contributed by atoms with E-state index in [9.17, 15) is 11.3 Å². The fraction of sp³-hybridized carbons (Fsp3) is 0.421. The molecule has 0 saturated carbocycles. The van der Waals surface area contributed by atoms with Gasteiger partial charge in [0, 0.05) is 0 Å². The Labute approximate surface area is 149 Å². The van der Waals surface area contributed by atoms with Crippen molar-refractivity contribution in [1.82, 2.24) is 0 Å². The van der Waals surface area contributed by atoms with E-state index in [1.807, 2.05) is 48.5 Å². The van der Waals surface area contributed by atoms with Crippen LogP contribution in [0, 0.1) is 0 Å². The second kappa shape index (κ2) is 9.94. The van der Waals surface area contributed by atoms with Crippen LogP contribution in [0.2, 0.25) is 0 Å². The van der Waals surface area contributed by atoms with Crippen molar-refractivity contribution in [3.8, 4) is 5.75 Å². The van der Waals surface area contributed by atoms with Gasteiger partial charge in [0.05, 0.1) is 0 Å². The SMILES string of the molecule is CC(C)(C)c1cccc(C(C)(C)C)c1O.[F][Ti][F].c1cc[cH-]c1. The normalized spacial score (nSPS) is 10.8. The van der Waals surface area contributed by atoms with Crippen LogP contribution in [0.25, 0.3) is 0 Å². The predicted octanol–water partition coefficient (Wildman–Crippen LogP) is 6.23. The minimum Gasteiger partial charge on any atom is -0.214 e. The van der Waals surface area contributed by atoms with Gasteiger partial charge in [-0.05, 0) is 22.0 Å². The summed E-state index contributed by atoms with van der Waals surface area (Å²) in [6.07, 6.45) is 0. The van der Waals surface area contributed by atoms with Gasteiger partial charge >= 0.3 is 26.4 Å². The maximum absolute atomic E-state index is 10.3. The molecule has 1 nitrogen and oxygen atoms in total. The Hall–Kier alpha value is -1.06. The van der Waals surface area contributed by atoms with E-state index in [0.717, 1.165) is 11.1 Å². The summed E-state index contributed by atoms with van der Waals surface area (Å²) in [5.41, 5.74) is 2.03. The number of hydrogen-bond acceptors (Lipinski definition) is 1. The quantitative estimate of drug-likeness (QED) is 0.438. The summed E-state index contributed by atoms with van der Waals surface area (Å²) in [6.45, 7) is 12.7. The van der Waals surface area contributed by atoms with Gasteiger partial charge in [0.25, 0.3) is 0 Å². The molecule has 2 aromatic rings. The molecule has 23 heavy (non-hydrogen) atoms. The number of aromatic hydroxyl groups is 1. The van der Waals surface area contributed by atoms with Crippen molar-refractivity contribution >= 4 is 0 Å². The molecule has 0 spiro atoms. The third-order valence-corrected chi connectivity index (χ3v) is 3.21. The van der Waals surface area contributed by atoms with E-state index in [1.165, 1.54) is 0 Å². The standard InChI is InChI=1S/C14H22O.C5H5.2FH.Ti/c1-13(2,3)10-8-7-9-11(12(10)15)14(4,5)6;1-2-4-5-3-1;;;/h7-9,15H,1-6H3;1-5H;2*1H;/q;-1;;;+2/p-2. The molecule has 1 N–H and O–H groups in total. The molecule has 0 atom stereocenters. The molecule has 0 heterocycles. The topological polar surface area (TPSA) is 20.2 Å². The van der Waals surface area contributed by atoms with Crippen LogP contribution in [0.15, 0.2) is 48.5 Å². The molecule has 0 aromatic heterocycles. The van der Waals surface area contributed by atoms with Gasteiger partial charge < -0.3 is 5.11 Å². The van der Waals surface area contributed by atoms with E-state index in [-0.39, 0.29) is 10.8 Å². The van der Waals surface area contributed by atoms with Gasteiger partial charge in [-0.25, -0.2) is 12.1 Å². The minimum absolute atomic E-state index is 0.00859. The number of phenols is 1. The summed E-state index contributed by atoms with van der Waals surface area (Å²) in [5, 5.41) is 10.3. The molecule has 0 unspecified atom stereocenters. The van der Waals surface area contributed by atoms with Crippen LogP contribution in [0.5, 0.6) is 5.75 Å². The van der Waals surface area contributed by atoms with Crippen LogP contribution in [-0.2, 0) is 31.1 Å². The molecule has 0 fully saturated rings. The molecule has 0 aliphatic heterocycles. The first-order chi connectivity index (χ1) is 10.6. The largest absolute Gasteiger partial charge is 0.214 e. The van der Waals surface area contributed by atoms with Crippen LogP contribution in [0.3, 0.4) is 0 Å². The Bertz CT molecular complexity index is 488. The molecule has 0 radical (unpaired) electrons. The first kappa shape index (κ1) is 21.9. The average Bonchev–Trinajstić information content (AvgIpc) is 2.96. The monoisotopic (exact) mass is 357 g/mol. The van der Waals surface area contributed by atoms with Gasteiger partial charge in [0.2, 0.25) is 0 Å². The molecule has 0 aliphatic carbocycles. The zero-order valence-electron chi connectivity index (χ0n) is 14.8. The fourth-order valence-electron chi connectivity index (χ4n) is 2.07. The van der Waals surface area contributed by atoms with Gasteiger partial charge in [-0.15, -0.1) is 0 Å². The minimum atomic E-state index is -2.50. The van der Waals surface area contributed by atoms with E-state index in [0.29, 0.717) is 5.75 Å². The Morgan fingerprint density at radius 3 is 1.39 bits per heavy atom. The van der Waals surface area contributed by atoms with Crippen molar-refractivity contribution < 1.29 is 31.5 Å². The van der Waals surface area contributed by atoms with Crippen molar-refractivity contribution in [2.24, 2.45) is 0 Å². The van der Waals surface area contributed by atoms with Gasteiger partial charge in [0.1, 0.15) is 5.75 Å². The van der Waals surface area contributed by atoms with Crippen LogP contribution >= 0.6 is 0 Å². The average molecular weight is 357 g/mol. The van der Waals surface area contributed by atoms with Crippen molar-refractivity contribution in [2.75, 3.05) is 0 Å². The van der Waals surface area contributed by atoms with Crippen molar-refractivity contribution in [1.29, 1.82) is 0 Å². The Morgan fingerprint density at radius 1 is 0.826 bits per heavy atom. The second-order valence-electron chi connectivity index (χ2n) is 7.24. The molecule has 0 aliphatic rings. The van der Waals surface area contributed by atoms with Crippen molar-refractivity contribution in [2.45, 2.75) is 52.4 Å². The number of hydrogen-bond donors (Lipinski definition) is 1. The predicted molar refractivity (Wildman–Crippen MR) is 89.8 cm³/mol. The van der Waals surface area contributed by atoms with Gasteiger partial charge in [0.15, 0.2) is 0 Å². The second-order valence-corrected chi connectivity index (χ2v) is 7.46. The van der Waals surface area contributed by atoms with Gasteiger partial charge in [-0.1, -0.05) is 59.7 Å². The maximum Gasteiger partial charge on any atom is -0.172 e. The molecule has 2 aromatic carbocycles. The number of para-hydroxylation sites is 1. The molecule has 0 bridgehead atoms. The zero-order chi connectivity index (χ0) is 18.1. The maximum atomic E-state index is 10.3. The van der Waals surface area contributed by atoms with Crippen LogP contribution in [0.1, 0.15) is 52.7 Å². The third-order valence-electron chi connectivity index (χ3n) is 3.21. The van der Waals surface area contributed by atoms with Crippen LogP contribution in [-0.4, -0.2) is 5.11 Å². The Kier molecular flexibility index (Phi) is 9.49. The number of phenolic OH excluding ortho intramolecular Hbond substituents is 1. The first-order valence-corrected chi connectivity index (χ1v) is 8.69. The first-order valence-electron chi connectivity index (χ1n) is 7.51. The molecule has 0 saturated heterocycles. The number of rotatable bonds is 0. The summed E-state index contributed by atoms with van der Waals surface area (Å²) in [4.78, 5) is 0. The van der Waals surface area contributed by atoms with Gasteiger partial charge in [-0.3, -0.25) is 0 Å². The van der Waals surface area contributed by atoms with E-state index in [2.05, 4.69) is 41.5 Å². The van der Waals surface area contributed by atoms with Crippen LogP contribution in [0.4, 0.5) is 6.18 Å². The number of benzene rings is 1. The third kappa shape index (κ3) is 8.38. The van der Waals surface area contributed by atoms with E-state index >= 15 is 0 Å². The summed E-state index contributed by atoms with van der Waals surface area (Å²) in [6, 6.07) is 16.0. The van der Waals surface area contributed by atoms with E-state index < -0.39 is 20.2 Å². The smallest absolute Gasteiger partial charge is 0.172 e. The molecule has 2 rings (SSSR count). The molecule has 128 valence electrons. The van der Waals surface area contributed by atoms with Crippen molar-refractivity contribution in [3.63, 3.8) is 0 Å². The number of halogens is 2. The molecular weight excluding hydrogens is 330 g/mol. The zero-order valence-corrected chi connectivity index (χ0v) is 16.4. The summed E-state index contributed by atoms with van der Waals surface area (Å²) in [5.74, 6) is 0.456. The van der Waals surface area contributed by atoms with E-state index in [4.69, 9.17) is 0 Å². The van der Waals surface area contributed by atoms with Crippen molar-refractivity contribution in [3.05, 3.63) is 59.7 Å². The summed E-state index contributed by atoms with van der Waals surface area (Å²) < 4.78 is 19.5.